The van der Waals surface area contributed by atoms with Gasteiger partial charge in [0, 0.05) is 16.3 Å². The third-order valence-electron chi connectivity index (χ3n) is 1.50. The molecule has 1 rings (SSSR count). The summed E-state index contributed by atoms with van der Waals surface area (Å²) in [4.78, 5) is 12.2. The molecular weight excluding hydrogens is 204 g/mol. The fourth-order valence-corrected chi connectivity index (χ4v) is 1.86. The predicted octanol–water partition coefficient (Wildman–Crippen LogP) is 3.76. The van der Waals surface area contributed by atoms with Gasteiger partial charge in [-0.3, -0.25) is 4.79 Å². The summed E-state index contributed by atoms with van der Waals surface area (Å²) < 4.78 is 0. The van der Waals surface area contributed by atoms with Crippen molar-refractivity contribution in [1.82, 2.24) is 0 Å². The molecule has 0 N–H and O–H groups in total. The van der Waals surface area contributed by atoms with Crippen LogP contribution in [-0.4, -0.2) is 5.12 Å². The first-order valence-corrected chi connectivity index (χ1v) is 5.38. The summed E-state index contributed by atoms with van der Waals surface area (Å²) in [5.74, 6) is 0. The van der Waals surface area contributed by atoms with Crippen LogP contribution in [0.3, 0.4) is 0 Å². The second-order valence-corrected chi connectivity index (χ2v) is 4.25. The number of carbonyl (C=O) groups is 1. The first-order chi connectivity index (χ1) is 6.22. The Labute approximate surface area is 87.5 Å². The Morgan fingerprint density at radius 3 is 2.54 bits per heavy atom. The molecule has 1 aromatic carbocycles. The van der Waals surface area contributed by atoms with E-state index in [4.69, 9.17) is 11.6 Å². The molecule has 70 valence electrons. The summed E-state index contributed by atoms with van der Waals surface area (Å²) in [6.45, 7) is 2.00. The monoisotopic (exact) mass is 214 g/mol. The minimum Gasteiger partial charge on any atom is -0.287 e. The quantitative estimate of drug-likeness (QED) is 0.713. The summed E-state index contributed by atoms with van der Waals surface area (Å²) in [7, 11) is 0. The van der Waals surface area contributed by atoms with E-state index in [0.717, 1.165) is 11.3 Å². The normalized spacial score (nSPS) is 10.0. The van der Waals surface area contributed by atoms with Crippen LogP contribution in [0.4, 0.5) is 0 Å². The van der Waals surface area contributed by atoms with E-state index < -0.39 is 0 Å². The standard InChI is InChI=1S/C10H11ClOS/c1-2-3-10(12)13-9-6-4-8(11)5-7-9/h4-7H,2-3H2,1H3. The van der Waals surface area contributed by atoms with Crippen LogP contribution >= 0.6 is 23.4 Å². The fourth-order valence-electron chi connectivity index (χ4n) is 0.889. The topological polar surface area (TPSA) is 17.1 Å². The molecule has 0 bridgehead atoms. The Balaban J connectivity index is 2.54. The van der Waals surface area contributed by atoms with Crippen LogP contribution in [0.2, 0.25) is 5.02 Å². The Morgan fingerprint density at radius 2 is 2.00 bits per heavy atom. The minimum absolute atomic E-state index is 0.213. The highest BCUT2D eigenvalue weighted by Crippen LogP contribution is 2.22. The van der Waals surface area contributed by atoms with Crippen molar-refractivity contribution in [2.75, 3.05) is 0 Å². The number of thioether (sulfide) groups is 1. The average Bonchev–Trinajstić information content (AvgIpc) is 2.09. The average molecular weight is 215 g/mol. The molecule has 0 aliphatic heterocycles. The van der Waals surface area contributed by atoms with Crippen molar-refractivity contribution in [2.24, 2.45) is 0 Å². The summed E-state index contributed by atoms with van der Waals surface area (Å²) in [6.07, 6.45) is 1.53. The van der Waals surface area contributed by atoms with Gasteiger partial charge in [-0.1, -0.05) is 30.3 Å². The van der Waals surface area contributed by atoms with E-state index in [0.29, 0.717) is 11.4 Å². The molecule has 0 saturated carbocycles. The third-order valence-corrected chi connectivity index (χ3v) is 2.69. The molecule has 3 heteroatoms. The highest BCUT2D eigenvalue weighted by molar-refractivity contribution is 8.13. The van der Waals surface area contributed by atoms with Crippen LogP contribution in [-0.2, 0) is 4.79 Å². The molecule has 0 heterocycles. The van der Waals surface area contributed by atoms with Gasteiger partial charge in [0.25, 0.3) is 0 Å². The molecule has 13 heavy (non-hydrogen) atoms. The molecule has 0 radical (unpaired) electrons. The Morgan fingerprint density at radius 1 is 1.38 bits per heavy atom. The molecule has 0 atom stereocenters. The van der Waals surface area contributed by atoms with Crippen LogP contribution in [0.15, 0.2) is 29.2 Å². The maximum absolute atomic E-state index is 11.2. The van der Waals surface area contributed by atoms with Crippen LogP contribution < -0.4 is 0 Å². The first kappa shape index (κ1) is 10.6. The van der Waals surface area contributed by atoms with Crippen molar-refractivity contribution in [1.29, 1.82) is 0 Å². The highest BCUT2D eigenvalue weighted by atomic mass is 35.5. The number of rotatable bonds is 3. The summed E-state index contributed by atoms with van der Waals surface area (Å²) >= 11 is 6.99. The van der Waals surface area contributed by atoms with Gasteiger partial charge in [0.1, 0.15) is 0 Å². The Hall–Kier alpha value is -0.470. The maximum Gasteiger partial charge on any atom is 0.193 e. The number of halogens is 1. The van der Waals surface area contributed by atoms with Gasteiger partial charge in [-0.15, -0.1) is 0 Å². The molecular formula is C10H11ClOS. The third kappa shape index (κ3) is 3.83. The first-order valence-electron chi connectivity index (χ1n) is 4.18. The summed E-state index contributed by atoms with van der Waals surface area (Å²) in [5, 5.41) is 0.914. The van der Waals surface area contributed by atoms with Crippen LogP contribution in [0, 0.1) is 0 Å². The highest BCUT2D eigenvalue weighted by Gasteiger charge is 2.02. The lowest BCUT2D eigenvalue weighted by molar-refractivity contribution is -0.111. The van der Waals surface area contributed by atoms with Crippen LogP contribution in [0.1, 0.15) is 19.8 Å². The lowest BCUT2D eigenvalue weighted by Gasteiger charge is -1.98. The molecule has 0 aliphatic carbocycles. The van der Waals surface area contributed by atoms with E-state index in [1.165, 1.54) is 11.8 Å². The minimum atomic E-state index is 0.213. The van der Waals surface area contributed by atoms with Crippen molar-refractivity contribution in [3.05, 3.63) is 29.3 Å². The fraction of sp³-hybridized carbons (Fsp3) is 0.300. The lowest BCUT2D eigenvalue weighted by Crippen LogP contribution is -1.88. The van der Waals surface area contributed by atoms with Gasteiger partial charge in [0.2, 0.25) is 0 Å². The molecule has 1 nitrogen and oxygen atoms in total. The summed E-state index contributed by atoms with van der Waals surface area (Å²) in [5.41, 5.74) is 0. The van der Waals surface area contributed by atoms with E-state index in [1.807, 2.05) is 19.1 Å². The predicted molar refractivity (Wildman–Crippen MR) is 57.2 cm³/mol. The van der Waals surface area contributed by atoms with Crippen molar-refractivity contribution in [2.45, 2.75) is 24.7 Å². The van der Waals surface area contributed by atoms with E-state index in [9.17, 15) is 4.79 Å². The number of carbonyl (C=O) groups excluding carboxylic acids is 1. The van der Waals surface area contributed by atoms with Gasteiger partial charge in [-0.05, 0) is 30.7 Å². The van der Waals surface area contributed by atoms with E-state index in [2.05, 4.69) is 0 Å². The van der Waals surface area contributed by atoms with E-state index in [1.54, 1.807) is 12.1 Å². The van der Waals surface area contributed by atoms with Gasteiger partial charge in [0.15, 0.2) is 5.12 Å². The second kappa shape index (κ2) is 5.30. The van der Waals surface area contributed by atoms with E-state index >= 15 is 0 Å². The molecule has 0 saturated heterocycles. The van der Waals surface area contributed by atoms with Gasteiger partial charge in [-0.25, -0.2) is 0 Å². The van der Waals surface area contributed by atoms with Crippen molar-refractivity contribution >= 4 is 28.5 Å². The smallest absolute Gasteiger partial charge is 0.193 e. The maximum atomic E-state index is 11.2. The Kier molecular flexibility index (Phi) is 4.33. The van der Waals surface area contributed by atoms with Gasteiger partial charge in [-0.2, -0.15) is 0 Å². The molecule has 0 fully saturated rings. The SMILES string of the molecule is CCCC(=O)Sc1ccc(Cl)cc1. The van der Waals surface area contributed by atoms with E-state index in [-0.39, 0.29) is 5.12 Å². The molecule has 0 spiro atoms. The van der Waals surface area contributed by atoms with Crippen molar-refractivity contribution in [3.63, 3.8) is 0 Å². The summed E-state index contributed by atoms with van der Waals surface area (Å²) in [6, 6.07) is 7.31. The molecule has 0 aromatic heterocycles. The zero-order valence-electron chi connectivity index (χ0n) is 7.42. The van der Waals surface area contributed by atoms with Crippen molar-refractivity contribution in [3.8, 4) is 0 Å². The largest absolute Gasteiger partial charge is 0.287 e. The number of hydrogen-bond acceptors (Lipinski definition) is 2. The molecule has 0 amide bonds. The number of benzene rings is 1. The second-order valence-electron chi connectivity index (χ2n) is 2.68. The van der Waals surface area contributed by atoms with Crippen LogP contribution in [0.25, 0.3) is 0 Å². The molecule has 1 aromatic rings. The van der Waals surface area contributed by atoms with Crippen molar-refractivity contribution < 1.29 is 4.79 Å². The van der Waals surface area contributed by atoms with Gasteiger partial charge in [0.05, 0.1) is 0 Å². The van der Waals surface area contributed by atoms with Crippen LogP contribution in [0.5, 0.6) is 0 Å². The van der Waals surface area contributed by atoms with Gasteiger partial charge >= 0.3 is 0 Å². The molecule has 0 unspecified atom stereocenters. The van der Waals surface area contributed by atoms with Gasteiger partial charge < -0.3 is 0 Å². The number of hydrogen-bond donors (Lipinski definition) is 0. The Bertz CT molecular complexity index is 281. The zero-order valence-corrected chi connectivity index (χ0v) is 8.99. The molecule has 0 aliphatic rings. The zero-order chi connectivity index (χ0) is 9.68. The lowest BCUT2D eigenvalue weighted by atomic mass is 10.4.